The Bertz CT molecular complexity index is 547. The van der Waals surface area contributed by atoms with E-state index in [1.807, 2.05) is 0 Å². The summed E-state index contributed by atoms with van der Waals surface area (Å²) in [7, 11) is 2.11. The van der Waals surface area contributed by atoms with Crippen molar-refractivity contribution in [3.8, 4) is 0 Å². The lowest BCUT2D eigenvalue weighted by Crippen LogP contribution is -2.49. The zero-order chi connectivity index (χ0) is 17.1. The molecule has 1 saturated heterocycles. The average Bonchev–Trinajstić information content (AvgIpc) is 3.12. The van der Waals surface area contributed by atoms with E-state index in [0.717, 1.165) is 31.8 Å². The molecule has 1 saturated carbocycles. The molecule has 0 radical (unpaired) electrons. The number of fused-ring (bicyclic) bond motifs is 1. The number of likely N-dealkylation sites (tertiary alicyclic amines) is 1. The van der Waals surface area contributed by atoms with Gasteiger partial charge in [-0.1, -0.05) is 43.7 Å². The van der Waals surface area contributed by atoms with Gasteiger partial charge >= 0.3 is 0 Å². The first-order valence-electron chi connectivity index (χ1n) is 9.37. The Morgan fingerprint density at radius 2 is 2.04 bits per heavy atom. The highest BCUT2D eigenvalue weighted by Gasteiger charge is 2.45. The smallest absolute Gasteiger partial charge is 0.234 e. The molecule has 1 aromatic rings. The summed E-state index contributed by atoms with van der Waals surface area (Å²) >= 11 is 0. The van der Waals surface area contributed by atoms with E-state index in [0.29, 0.717) is 12.0 Å². The average molecular weight is 329 g/mol. The molecule has 1 aliphatic carbocycles. The molecular weight excluding hydrogens is 298 g/mol. The first-order chi connectivity index (χ1) is 11.6. The van der Waals surface area contributed by atoms with E-state index in [9.17, 15) is 4.79 Å². The second-order valence-electron chi connectivity index (χ2n) is 7.62. The molecule has 1 heterocycles. The molecule has 1 aromatic carbocycles. The van der Waals surface area contributed by atoms with Crippen molar-refractivity contribution in [2.45, 2.75) is 51.2 Å². The lowest BCUT2D eigenvalue weighted by Gasteiger charge is -2.34. The molecule has 4 heteroatoms. The van der Waals surface area contributed by atoms with Crippen LogP contribution in [0.25, 0.3) is 0 Å². The van der Waals surface area contributed by atoms with Crippen LogP contribution in [0.3, 0.4) is 0 Å². The maximum absolute atomic E-state index is 11.9. The van der Waals surface area contributed by atoms with Gasteiger partial charge in [0.2, 0.25) is 5.91 Å². The molecule has 0 unspecified atom stereocenters. The molecule has 0 spiro atoms. The van der Waals surface area contributed by atoms with Crippen molar-refractivity contribution in [3.63, 3.8) is 0 Å². The summed E-state index contributed by atoms with van der Waals surface area (Å²) < 4.78 is 0. The second kappa shape index (κ2) is 7.66. The molecule has 132 valence electrons. The molecule has 3 rings (SSSR count). The Kier molecular flexibility index (Phi) is 5.57. The van der Waals surface area contributed by atoms with Crippen molar-refractivity contribution >= 4 is 5.91 Å². The maximum Gasteiger partial charge on any atom is 0.234 e. The van der Waals surface area contributed by atoms with Gasteiger partial charge in [0.15, 0.2) is 0 Å². The van der Waals surface area contributed by atoms with E-state index in [1.165, 1.54) is 24.9 Å². The minimum Gasteiger partial charge on any atom is -0.368 e. The van der Waals surface area contributed by atoms with Crippen LogP contribution in [0.5, 0.6) is 0 Å². The molecule has 1 aliphatic heterocycles. The van der Waals surface area contributed by atoms with Gasteiger partial charge in [0.05, 0.1) is 6.04 Å². The minimum absolute atomic E-state index is 0.109. The number of nitrogens with zero attached hydrogens (tertiary/aromatic N) is 2. The van der Waals surface area contributed by atoms with Gasteiger partial charge in [0.25, 0.3) is 0 Å². The van der Waals surface area contributed by atoms with Crippen LogP contribution >= 0.6 is 0 Å². The molecule has 2 fully saturated rings. The third-order valence-corrected chi connectivity index (χ3v) is 6.05. The van der Waals surface area contributed by atoms with Gasteiger partial charge in [-0.2, -0.15) is 0 Å². The van der Waals surface area contributed by atoms with E-state index < -0.39 is 0 Å². The minimum atomic E-state index is -0.165. The lowest BCUT2D eigenvalue weighted by atomic mass is 9.95. The largest absolute Gasteiger partial charge is 0.368 e. The number of amides is 1. The molecule has 24 heavy (non-hydrogen) atoms. The fraction of sp³-hybridized carbons (Fsp3) is 0.650. The van der Waals surface area contributed by atoms with E-state index in [4.69, 9.17) is 5.73 Å². The van der Waals surface area contributed by atoms with Crippen LogP contribution in [0.4, 0.5) is 0 Å². The molecule has 2 aliphatic rings. The van der Waals surface area contributed by atoms with Gasteiger partial charge in [-0.15, -0.1) is 0 Å². The lowest BCUT2D eigenvalue weighted by molar-refractivity contribution is -0.124. The van der Waals surface area contributed by atoms with Crippen LogP contribution in [0, 0.1) is 11.8 Å². The summed E-state index contributed by atoms with van der Waals surface area (Å²) in [5, 5.41) is 0. The summed E-state index contributed by atoms with van der Waals surface area (Å²) in [4.78, 5) is 16.7. The zero-order valence-corrected chi connectivity index (χ0v) is 15.0. The third-order valence-electron chi connectivity index (χ3n) is 6.05. The van der Waals surface area contributed by atoms with E-state index in [2.05, 4.69) is 54.1 Å². The summed E-state index contributed by atoms with van der Waals surface area (Å²) in [6.07, 6.45) is 4.35. The summed E-state index contributed by atoms with van der Waals surface area (Å²) in [6.45, 7) is 5.50. The first-order valence-corrected chi connectivity index (χ1v) is 9.37. The number of hydrogen-bond donors (Lipinski definition) is 1. The molecule has 4 nitrogen and oxygen atoms in total. The Balaban J connectivity index is 1.63. The summed E-state index contributed by atoms with van der Waals surface area (Å²) in [5.74, 6) is 1.29. The molecular formula is C20H31N3O. The van der Waals surface area contributed by atoms with Gasteiger partial charge in [-0.05, 0) is 43.7 Å². The zero-order valence-electron chi connectivity index (χ0n) is 15.0. The van der Waals surface area contributed by atoms with Crippen LogP contribution in [0.2, 0.25) is 0 Å². The fourth-order valence-corrected chi connectivity index (χ4v) is 4.86. The summed E-state index contributed by atoms with van der Waals surface area (Å²) in [6, 6.07) is 11.1. The van der Waals surface area contributed by atoms with Crippen molar-refractivity contribution in [2.24, 2.45) is 17.6 Å². The highest BCUT2D eigenvalue weighted by molar-refractivity contribution is 5.79. The Labute approximate surface area is 146 Å². The highest BCUT2D eigenvalue weighted by atomic mass is 16.1. The normalized spacial score (nSPS) is 28.2. The molecule has 0 aromatic heterocycles. The predicted molar refractivity (Wildman–Crippen MR) is 97.4 cm³/mol. The Morgan fingerprint density at radius 1 is 1.29 bits per heavy atom. The monoisotopic (exact) mass is 329 g/mol. The molecule has 0 bridgehead atoms. The van der Waals surface area contributed by atoms with Crippen LogP contribution in [-0.4, -0.2) is 47.9 Å². The van der Waals surface area contributed by atoms with Crippen LogP contribution in [-0.2, 0) is 11.3 Å². The van der Waals surface area contributed by atoms with Crippen LogP contribution in [0.1, 0.15) is 38.2 Å². The number of benzene rings is 1. The van der Waals surface area contributed by atoms with Gasteiger partial charge in [0.1, 0.15) is 0 Å². The molecule has 1 amide bonds. The van der Waals surface area contributed by atoms with Gasteiger partial charge in [-0.3, -0.25) is 14.6 Å². The number of carbonyl (C=O) groups is 1. The predicted octanol–water partition coefficient (Wildman–Crippen LogP) is 2.48. The van der Waals surface area contributed by atoms with Crippen molar-refractivity contribution < 1.29 is 4.79 Å². The Hall–Kier alpha value is -1.39. The number of rotatable bonds is 7. The number of carbonyl (C=O) groups excluding carboxylic acids is 1. The third kappa shape index (κ3) is 3.65. The maximum atomic E-state index is 11.9. The second-order valence-corrected chi connectivity index (χ2v) is 7.62. The van der Waals surface area contributed by atoms with Gasteiger partial charge in [-0.25, -0.2) is 0 Å². The van der Waals surface area contributed by atoms with Crippen molar-refractivity contribution in [2.75, 3.05) is 20.1 Å². The number of primary amides is 1. The van der Waals surface area contributed by atoms with Crippen LogP contribution in [0.15, 0.2) is 30.3 Å². The van der Waals surface area contributed by atoms with E-state index >= 15 is 0 Å². The number of likely N-dealkylation sites (N-methyl/N-ethyl adjacent to an activating group) is 1. The van der Waals surface area contributed by atoms with Gasteiger partial charge in [0, 0.05) is 25.7 Å². The SMILES string of the molecule is CCC[C@@H](C(N)=O)N(C)[C@@H]1CC[C@H]2CN(Cc3ccccc3)C[C@H]21. The fourth-order valence-electron chi connectivity index (χ4n) is 4.86. The first kappa shape index (κ1) is 17.4. The van der Waals surface area contributed by atoms with Crippen molar-refractivity contribution in [3.05, 3.63) is 35.9 Å². The topological polar surface area (TPSA) is 49.6 Å². The number of nitrogens with two attached hydrogens (primary N) is 1. The number of hydrogen-bond acceptors (Lipinski definition) is 3. The molecule has 2 N–H and O–H groups in total. The molecule has 4 atom stereocenters. The quantitative estimate of drug-likeness (QED) is 0.836. The van der Waals surface area contributed by atoms with Crippen LogP contribution < -0.4 is 5.73 Å². The standard InChI is InChI=1S/C20H31N3O/c1-3-7-19(20(21)24)22(2)18-11-10-16-13-23(14-17(16)18)12-15-8-5-4-6-9-15/h4-6,8-9,16-19H,3,7,10-14H2,1-2H3,(H2,21,24)/t16-,17+,18+,19-/m0/s1. The Morgan fingerprint density at radius 3 is 2.71 bits per heavy atom. The summed E-state index contributed by atoms with van der Waals surface area (Å²) in [5.41, 5.74) is 7.06. The van der Waals surface area contributed by atoms with Crippen molar-refractivity contribution in [1.29, 1.82) is 0 Å². The highest BCUT2D eigenvalue weighted by Crippen LogP contribution is 2.41. The van der Waals surface area contributed by atoms with E-state index in [1.54, 1.807) is 0 Å². The van der Waals surface area contributed by atoms with Crippen molar-refractivity contribution in [1.82, 2.24) is 9.80 Å². The van der Waals surface area contributed by atoms with Gasteiger partial charge < -0.3 is 5.73 Å². The van der Waals surface area contributed by atoms with E-state index in [-0.39, 0.29) is 11.9 Å².